The standard InChI is InChI=1S/C10H19NO4/c1-3-14-10(12)8(2)11-6-9-7-13-4-5-15-9/h8-9,11H,3-7H2,1-2H3. The van der Waals surface area contributed by atoms with Crippen molar-refractivity contribution in [1.29, 1.82) is 0 Å². The second kappa shape index (κ2) is 6.76. The second-order valence-electron chi connectivity index (χ2n) is 3.45. The van der Waals surface area contributed by atoms with Crippen LogP contribution in [0.2, 0.25) is 0 Å². The lowest BCUT2D eigenvalue weighted by Gasteiger charge is -2.24. The third kappa shape index (κ3) is 4.59. The first kappa shape index (κ1) is 12.4. The molecule has 5 heteroatoms. The lowest BCUT2D eigenvalue weighted by atomic mass is 10.3. The Bertz CT molecular complexity index is 192. The van der Waals surface area contributed by atoms with E-state index in [-0.39, 0.29) is 18.1 Å². The Morgan fingerprint density at radius 1 is 1.60 bits per heavy atom. The number of hydrogen-bond acceptors (Lipinski definition) is 5. The van der Waals surface area contributed by atoms with Crippen LogP contribution in [0.15, 0.2) is 0 Å². The average Bonchev–Trinajstić information content (AvgIpc) is 2.27. The van der Waals surface area contributed by atoms with Crippen LogP contribution in [0.3, 0.4) is 0 Å². The summed E-state index contributed by atoms with van der Waals surface area (Å²) in [5.74, 6) is -0.228. The maximum absolute atomic E-state index is 11.3. The van der Waals surface area contributed by atoms with Crippen LogP contribution in [0.1, 0.15) is 13.8 Å². The molecule has 88 valence electrons. The molecule has 1 fully saturated rings. The van der Waals surface area contributed by atoms with E-state index in [1.807, 2.05) is 0 Å². The van der Waals surface area contributed by atoms with Gasteiger partial charge in [-0.1, -0.05) is 0 Å². The van der Waals surface area contributed by atoms with Gasteiger partial charge in [-0.2, -0.15) is 0 Å². The van der Waals surface area contributed by atoms with Crippen molar-refractivity contribution in [2.75, 3.05) is 33.0 Å². The van der Waals surface area contributed by atoms with Crippen LogP contribution in [-0.2, 0) is 19.0 Å². The summed E-state index contributed by atoms with van der Waals surface area (Å²) in [4.78, 5) is 11.3. The summed E-state index contributed by atoms with van der Waals surface area (Å²) in [6.45, 7) is 6.46. The fraction of sp³-hybridized carbons (Fsp3) is 0.900. The van der Waals surface area contributed by atoms with Gasteiger partial charge >= 0.3 is 5.97 Å². The first-order valence-corrected chi connectivity index (χ1v) is 5.33. The van der Waals surface area contributed by atoms with Crippen molar-refractivity contribution in [1.82, 2.24) is 5.32 Å². The molecule has 1 rings (SSSR count). The van der Waals surface area contributed by atoms with Crippen molar-refractivity contribution < 1.29 is 19.0 Å². The van der Waals surface area contributed by atoms with Crippen LogP contribution in [0.25, 0.3) is 0 Å². The van der Waals surface area contributed by atoms with Gasteiger partial charge in [-0.25, -0.2) is 0 Å². The van der Waals surface area contributed by atoms with Crippen LogP contribution in [0, 0.1) is 0 Å². The maximum atomic E-state index is 11.3. The zero-order chi connectivity index (χ0) is 11.1. The summed E-state index contributed by atoms with van der Waals surface area (Å²) in [7, 11) is 0. The minimum atomic E-state index is -0.296. The summed E-state index contributed by atoms with van der Waals surface area (Å²) in [6.07, 6.45) is 0.0376. The zero-order valence-electron chi connectivity index (χ0n) is 9.32. The highest BCUT2D eigenvalue weighted by atomic mass is 16.6. The van der Waals surface area contributed by atoms with Gasteiger partial charge in [-0.05, 0) is 13.8 Å². The van der Waals surface area contributed by atoms with E-state index >= 15 is 0 Å². The normalized spacial score (nSPS) is 23.5. The highest BCUT2D eigenvalue weighted by Gasteiger charge is 2.18. The average molecular weight is 217 g/mol. The molecule has 0 radical (unpaired) electrons. The minimum absolute atomic E-state index is 0.0376. The number of nitrogens with one attached hydrogen (secondary N) is 1. The Morgan fingerprint density at radius 3 is 3.00 bits per heavy atom. The molecule has 0 spiro atoms. The van der Waals surface area contributed by atoms with Crippen molar-refractivity contribution in [3.8, 4) is 0 Å². The molecule has 0 bridgehead atoms. The van der Waals surface area contributed by atoms with Crippen molar-refractivity contribution >= 4 is 5.97 Å². The van der Waals surface area contributed by atoms with Gasteiger partial charge in [0.15, 0.2) is 0 Å². The quantitative estimate of drug-likeness (QED) is 0.654. The van der Waals surface area contributed by atoms with Crippen LogP contribution < -0.4 is 5.32 Å². The first-order chi connectivity index (χ1) is 7.24. The smallest absolute Gasteiger partial charge is 0.322 e. The largest absolute Gasteiger partial charge is 0.465 e. The second-order valence-corrected chi connectivity index (χ2v) is 3.45. The Kier molecular flexibility index (Phi) is 5.60. The van der Waals surface area contributed by atoms with E-state index in [0.717, 1.165) is 0 Å². The maximum Gasteiger partial charge on any atom is 0.322 e. The number of carbonyl (C=O) groups is 1. The van der Waals surface area contributed by atoms with E-state index in [2.05, 4.69) is 5.32 Å². The van der Waals surface area contributed by atoms with Gasteiger partial charge in [-0.3, -0.25) is 4.79 Å². The van der Waals surface area contributed by atoms with Crippen LogP contribution >= 0.6 is 0 Å². The van der Waals surface area contributed by atoms with Gasteiger partial charge in [0, 0.05) is 6.54 Å². The van der Waals surface area contributed by atoms with Crippen LogP contribution in [-0.4, -0.2) is 51.1 Å². The van der Waals surface area contributed by atoms with Gasteiger partial charge in [0.25, 0.3) is 0 Å². The molecule has 1 aliphatic rings. The van der Waals surface area contributed by atoms with E-state index in [1.165, 1.54) is 0 Å². The van der Waals surface area contributed by atoms with E-state index in [4.69, 9.17) is 14.2 Å². The van der Waals surface area contributed by atoms with Crippen molar-refractivity contribution in [3.63, 3.8) is 0 Å². The summed E-state index contributed by atoms with van der Waals surface area (Å²) in [5.41, 5.74) is 0. The molecular weight excluding hydrogens is 198 g/mol. The highest BCUT2D eigenvalue weighted by Crippen LogP contribution is 1.99. The van der Waals surface area contributed by atoms with E-state index < -0.39 is 0 Å². The number of hydrogen-bond donors (Lipinski definition) is 1. The molecule has 1 aliphatic heterocycles. The molecule has 2 atom stereocenters. The molecule has 0 aliphatic carbocycles. The third-order valence-electron chi connectivity index (χ3n) is 2.18. The molecule has 0 saturated carbocycles. The Morgan fingerprint density at radius 2 is 2.40 bits per heavy atom. The molecule has 5 nitrogen and oxygen atoms in total. The van der Waals surface area contributed by atoms with Gasteiger partial charge in [0.1, 0.15) is 6.04 Å². The molecular formula is C10H19NO4. The summed E-state index contributed by atoms with van der Waals surface area (Å²) >= 11 is 0. The fourth-order valence-electron chi connectivity index (χ4n) is 1.31. The number of rotatable bonds is 5. The van der Waals surface area contributed by atoms with Crippen molar-refractivity contribution in [2.45, 2.75) is 26.0 Å². The summed E-state index contributed by atoms with van der Waals surface area (Å²) < 4.78 is 15.5. The molecule has 1 heterocycles. The van der Waals surface area contributed by atoms with E-state index in [1.54, 1.807) is 13.8 Å². The summed E-state index contributed by atoms with van der Waals surface area (Å²) in [5, 5.41) is 3.06. The number of ether oxygens (including phenoxy) is 3. The third-order valence-corrected chi connectivity index (χ3v) is 2.18. The molecule has 0 amide bonds. The lowest BCUT2D eigenvalue weighted by Crippen LogP contribution is -2.43. The van der Waals surface area contributed by atoms with Gasteiger partial charge < -0.3 is 19.5 Å². The molecule has 15 heavy (non-hydrogen) atoms. The first-order valence-electron chi connectivity index (χ1n) is 5.33. The molecule has 2 unspecified atom stereocenters. The lowest BCUT2D eigenvalue weighted by molar-refractivity contribution is -0.145. The van der Waals surface area contributed by atoms with E-state index in [9.17, 15) is 4.79 Å². The van der Waals surface area contributed by atoms with Crippen LogP contribution in [0.5, 0.6) is 0 Å². The highest BCUT2D eigenvalue weighted by molar-refractivity contribution is 5.75. The van der Waals surface area contributed by atoms with Gasteiger partial charge in [0.05, 0.1) is 32.5 Å². The predicted molar refractivity (Wildman–Crippen MR) is 54.7 cm³/mol. The van der Waals surface area contributed by atoms with E-state index in [0.29, 0.717) is 33.0 Å². The van der Waals surface area contributed by atoms with Gasteiger partial charge in [-0.15, -0.1) is 0 Å². The van der Waals surface area contributed by atoms with Crippen LogP contribution in [0.4, 0.5) is 0 Å². The fourth-order valence-corrected chi connectivity index (χ4v) is 1.31. The molecule has 1 saturated heterocycles. The Balaban J connectivity index is 2.14. The number of carbonyl (C=O) groups excluding carboxylic acids is 1. The van der Waals surface area contributed by atoms with Gasteiger partial charge in [0.2, 0.25) is 0 Å². The number of esters is 1. The zero-order valence-corrected chi connectivity index (χ0v) is 9.32. The predicted octanol–water partition coefficient (Wildman–Crippen LogP) is -0.0570. The Labute approximate surface area is 90.1 Å². The van der Waals surface area contributed by atoms with Crippen molar-refractivity contribution in [2.24, 2.45) is 0 Å². The molecule has 0 aromatic carbocycles. The molecule has 0 aromatic rings. The molecule has 0 aromatic heterocycles. The minimum Gasteiger partial charge on any atom is -0.465 e. The Hall–Kier alpha value is -0.650. The topological polar surface area (TPSA) is 56.8 Å². The van der Waals surface area contributed by atoms with Crippen molar-refractivity contribution in [3.05, 3.63) is 0 Å². The molecule has 1 N–H and O–H groups in total. The SMILES string of the molecule is CCOC(=O)C(C)NCC1COCCO1. The monoisotopic (exact) mass is 217 g/mol. The summed E-state index contributed by atoms with van der Waals surface area (Å²) in [6, 6.07) is -0.296.